The molecule has 2 heterocycles. The predicted molar refractivity (Wildman–Crippen MR) is 74.7 cm³/mol. The fourth-order valence-electron chi connectivity index (χ4n) is 4.78. The molecule has 4 aliphatic rings. The lowest BCUT2D eigenvalue weighted by molar-refractivity contribution is 0.150. The maximum atomic E-state index is 4.01. The normalized spacial score (nSPS) is 40.0. The summed E-state index contributed by atoms with van der Waals surface area (Å²) in [6.45, 7) is 2.74. The Kier molecular flexibility index (Phi) is 2.92. The van der Waals surface area contributed by atoms with Gasteiger partial charge in [0.25, 0.3) is 0 Å². The quantitative estimate of drug-likeness (QED) is 0.808. The number of nitrogens with one attached hydrogen (secondary N) is 1. The van der Waals surface area contributed by atoms with Gasteiger partial charge in [-0.3, -0.25) is 0 Å². The van der Waals surface area contributed by atoms with E-state index in [0.717, 1.165) is 23.5 Å². The van der Waals surface area contributed by atoms with Crippen molar-refractivity contribution in [1.29, 1.82) is 0 Å². The summed E-state index contributed by atoms with van der Waals surface area (Å²) in [5.41, 5.74) is 0.854. The number of rotatable bonds is 2. The molecular weight excluding hydrogens is 220 g/mol. The minimum atomic E-state index is 0.836. The first-order valence-electron chi connectivity index (χ1n) is 8.33. The van der Waals surface area contributed by atoms with Crippen LogP contribution < -0.4 is 5.32 Å². The fourth-order valence-corrected chi connectivity index (χ4v) is 4.78. The van der Waals surface area contributed by atoms with E-state index in [-0.39, 0.29) is 0 Å². The Labute approximate surface area is 111 Å². The molecule has 0 amide bonds. The highest BCUT2D eigenvalue weighted by molar-refractivity contribution is 4.99. The van der Waals surface area contributed by atoms with Gasteiger partial charge in [0.1, 0.15) is 0 Å². The summed E-state index contributed by atoms with van der Waals surface area (Å²) in [4.78, 5) is 2.73. The second-order valence-corrected chi connectivity index (χ2v) is 7.49. The molecule has 102 valence electrons. The van der Waals surface area contributed by atoms with Crippen LogP contribution in [-0.2, 0) is 0 Å². The van der Waals surface area contributed by atoms with Crippen molar-refractivity contribution in [2.75, 3.05) is 13.1 Å². The van der Waals surface area contributed by atoms with Gasteiger partial charge in [0.2, 0.25) is 0 Å². The largest absolute Gasteiger partial charge is 0.311 e. The van der Waals surface area contributed by atoms with E-state index in [4.69, 9.17) is 0 Å². The Hall–Kier alpha value is -0.0800. The van der Waals surface area contributed by atoms with Gasteiger partial charge in [-0.2, -0.15) is 0 Å². The SMILES string of the molecule is C1CC2CC(NC3CCC4(CC3)CC4)CCN2C1. The van der Waals surface area contributed by atoms with Gasteiger partial charge in [-0.25, -0.2) is 0 Å². The highest BCUT2D eigenvalue weighted by Crippen LogP contribution is 2.56. The van der Waals surface area contributed by atoms with Crippen molar-refractivity contribution in [2.45, 2.75) is 82.3 Å². The summed E-state index contributed by atoms with van der Waals surface area (Å²) in [7, 11) is 0. The summed E-state index contributed by atoms with van der Waals surface area (Å²) in [5, 5.41) is 4.01. The number of nitrogens with zero attached hydrogens (tertiary/aromatic N) is 1. The van der Waals surface area contributed by atoms with Crippen molar-refractivity contribution in [1.82, 2.24) is 10.2 Å². The zero-order valence-electron chi connectivity index (χ0n) is 11.7. The lowest BCUT2D eigenvalue weighted by Gasteiger charge is -2.38. The second-order valence-electron chi connectivity index (χ2n) is 7.49. The van der Waals surface area contributed by atoms with Gasteiger partial charge in [0, 0.05) is 18.1 Å². The Bertz CT molecular complexity index is 300. The van der Waals surface area contributed by atoms with E-state index in [1.807, 2.05) is 0 Å². The van der Waals surface area contributed by atoms with E-state index >= 15 is 0 Å². The molecule has 2 nitrogen and oxygen atoms in total. The molecule has 2 saturated heterocycles. The molecule has 2 heteroatoms. The molecule has 0 aromatic carbocycles. The van der Waals surface area contributed by atoms with Gasteiger partial charge in [0.15, 0.2) is 0 Å². The molecule has 1 N–H and O–H groups in total. The summed E-state index contributed by atoms with van der Waals surface area (Å²) in [6, 6.07) is 2.62. The highest BCUT2D eigenvalue weighted by atomic mass is 15.2. The van der Waals surface area contributed by atoms with Gasteiger partial charge in [-0.15, -0.1) is 0 Å². The molecule has 2 aliphatic carbocycles. The van der Waals surface area contributed by atoms with Crippen LogP contribution in [0, 0.1) is 5.41 Å². The third-order valence-electron chi connectivity index (χ3n) is 6.30. The van der Waals surface area contributed by atoms with E-state index in [2.05, 4.69) is 10.2 Å². The average Bonchev–Trinajstić information content (AvgIpc) is 2.98. The van der Waals surface area contributed by atoms with Crippen LogP contribution in [0.1, 0.15) is 64.2 Å². The Morgan fingerprint density at radius 2 is 1.67 bits per heavy atom. The first kappa shape index (κ1) is 11.7. The zero-order valence-corrected chi connectivity index (χ0v) is 11.7. The van der Waals surface area contributed by atoms with Crippen molar-refractivity contribution in [3.8, 4) is 0 Å². The van der Waals surface area contributed by atoms with Gasteiger partial charge in [0.05, 0.1) is 0 Å². The van der Waals surface area contributed by atoms with Gasteiger partial charge in [-0.1, -0.05) is 0 Å². The van der Waals surface area contributed by atoms with Gasteiger partial charge >= 0.3 is 0 Å². The number of hydrogen-bond acceptors (Lipinski definition) is 2. The minimum absolute atomic E-state index is 0.836. The predicted octanol–water partition coefficient (Wildman–Crippen LogP) is 2.93. The minimum Gasteiger partial charge on any atom is -0.311 e. The molecule has 2 atom stereocenters. The standard InChI is InChI=1S/C16H28N2/c1-2-15-12-14(5-11-18(15)10-1)17-13-3-6-16(7-4-13)8-9-16/h13-15,17H,1-12H2. The van der Waals surface area contributed by atoms with Crippen molar-refractivity contribution >= 4 is 0 Å². The molecule has 2 unspecified atom stereocenters. The smallest absolute Gasteiger partial charge is 0.0111 e. The van der Waals surface area contributed by atoms with Crippen LogP contribution in [0.3, 0.4) is 0 Å². The number of piperidine rings is 1. The molecule has 4 fully saturated rings. The van der Waals surface area contributed by atoms with Gasteiger partial charge in [-0.05, 0) is 82.7 Å². The maximum Gasteiger partial charge on any atom is 0.0111 e. The molecule has 18 heavy (non-hydrogen) atoms. The molecule has 0 bridgehead atoms. The summed E-state index contributed by atoms with van der Waals surface area (Å²) < 4.78 is 0. The lowest BCUT2D eigenvalue weighted by atomic mass is 9.82. The molecule has 2 aliphatic heterocycles. The van der Waals surface area contributed by atoms with Crippen molar-refractivity contribution < 1.29 is 0 Å². The van der Waals surface area contributed by atoms with Crippen LogP contribution in [0.4, 0.5) is 0 Å². The Morgan fingerprint density at radius 3 is 2.44 bits per heavy atom. The van der Waals surface area contributed by atoms with Crippen molar-refractivity contribution in [3.05, 3.63) is 0 Å². The fraction of sp³-hybridized carbons (Fsp3) is 1.00. The third kappa shape index (κ3) is 2.22. The van der Waals surface area contributed by atoms with Crippen LogP contribution in [0.2, 0.25) is 0 Å². The van der Waals surface area contributed by atoms with Crippen LogP contribution in [0.15, 0.2) is 0 Å². The molecule has 0 aromatic rings. The second kappa shape index (κ2) is 4.49. The zero-order chi connectivity index (χ0) is 12.0. The number of hydrogen-bond donors (Lipinski definition) is 1. The molecular formula is C16H28N2. The van der Waals surface area contributed by atoms with E-state index < -0.39 is 0 Å². The van der Waals surface area contributed by atoms with E-state index in [9.17, 15) is 0 Å². The van der Waals surface area contributed by atoms with Crippen molar-refractivity contribution in [3.63, 3.8) is 0 Å². The third-order valence-corrected chi connectivity index (χ3v) is 6.30. The Morgan fingerprint density at radius 1 is 0.833 bits per heavy atom. The summed E-state index contributed by atoms with van der Waals surface area (Å²) in [6.07, 6.45) is 14.8. The van der Waals surface area contributed by atoms with Crippen LogP contribution in [0.25, 0.3) is 0 Å². The van der Waals surface area contributed by atoms with E-state index in [1.54, 1.807) is 12.8 Å². The van der Waals surface area contributed by atoms with E-state index in [0.29, 0.717) is 0 Å². The molecule has 1 spiro atoms. The summed E-state index contributed by atoms with van der Waals surface area (Å²) >= 11 is 0. The highest BCUT2D eigenvalue weighted by Gasteiger charge is 2.45. The Balaban J connectivity index is 1.27. The monoisotopic (exact) mass is 248 g/mol. The number of fused-ring (bicyclic) bond motifs is 1. The van der Waals surface area contributed by atoms with Crippen LogP contribution in [-0.4, -0.2) is 36.1 Å². The molecule has 0 aromatic heterocycles. The molecule has 4 rings (SSSR count). The van der Waals surface area contributed by atoms with Crippen LogP contribution in [0.5, 0.6) is 0 Å². The summed E-state index contributed by atoms with van der Waals surface area (Å²) in [5.74, 6) is 0. The molecule has 0 radical (unpaired) electrons. The first-order chi connectivity index (χ1) is 8.83. The average molecular weight is 248 g/mol. The maximum absolute atomic E-state index is 4.01. The topological polar surface area (TPSA) is 15.3 Å². The van der Waals surface area contributed by atoms with E-state index in [1.165, 1.54) is 64.5 Å². The van der Waals surface area contributed by atoms with Gasteiger partial charge < -0.3 is 10.2 Å². The first-order valence-corrected chi connectivity index (χ1v) is 8.33. The van der Waals surface area contributed by atoms with Crippen LogP contribution >= 0.6 is 0 Å². The molecule has 2 saturated carbocycles. The lowest BCUT2D eigenvalue weighted by Crippen LogP contribution is -2.49. The van der Waals surface area contributed by atoms with Crippen molar-refractivity contribution in [2.24, 2.45) is 5.41 Å².